The van der Waals surface area contributed by atoms with E-state index < -0.39 is 5.91 Å². The summed E-state index contributed by atoms with van der Waals surface area (Å²) in [5, 5.41) is 7.38. The van der Waals surface area contributed by atoms with Crippen LogP contribution < -0.4 is 10.1 Å². The number of para-hydroxylation sites is 1. The van der Waals surface area contributed by atoms with Crippen molar-refractivity contribution in [2.45, 2.75) is 20.1 Å². The Morgan fingerprint density at radius 1 is 1.19 bits per heavy atom. The summed E-state index contributed by atoms with van der Waals surface area (Å²) in [4.78, 5) is 12.5. The van der Waals surface area contributed by atoms with Gasteiger partial charge in [0.05, 0.1) is 23.5 Å². The van der Waals surface area contributed by atoms with Crippen molar-refractivity contribution in [3.63, 3.8) is 0 Å². The SMILES string of the molecule is Cc1cccc(Cl)c1OCc1ccc(C(=O)Nc2cnn(Cc3ccccc3F)c2)o1. The molecule has 2 heterocycles. The highest BCUT2D eigenvalue weighted by atomic mass is 35.5. The summed E-state index contributed by atoms with van der Waals surface area (Å²) >= 11 is 6.15. The molecule has 4 rings (SSSR count). The Hall–Kier alpha value is -3.58. The summed E-state index contributed by atoms with van der Waals surface area (Å²) in [7, 11) is 0. The van der Waals surface area contributed by atoms with Crippen LogP contribution in [0.3, 0.4) is 0 Å². The van der Waals surface area contributed by atoms with E-state index >= 15 is 0 Å². The average molecular weight is 440 g/mol. The number of carbonyl (C=O) groups excluding carboxylic acids is 1. The van der Waals surface area contributed by atoms with Crippen LogP contribution in [0.5, 0.6) is 5.75 Å². The second-order valence-corrected chi connectivity index (χ2v) is 7.32. The van der Waals surface area contributed by atoms with Gasteiger partial charge in [0.25, 0.3) is 5.91 Å². The Kier molecular flexibility index (Phi) is 6.04. The third-order valence-electron chi connectivity index (χ3n) is 4.59. The molecule has 0 saturated carbocycles. The maximum absolute atomic E-state index is 13.8. The molecule has 0 saturated heterocycles. The van der Waals surface area contributed by atoms with Gasteiger partial charge in [0.1, 0.15) is 23.9 Å². The van der Waals surface area contributed by atoms with Crippen LogP contribution in [0.15, 0.2) is 71.4 Å². The van der Waals surface area contributed by atoms with Gasteiger partial charge in [-0.3, -0.25) is 9.48 Å². The number of amides is 1. The van der Waals surface area contributed by atoms with Gasteiger partial charge in [0.15, 0.2) is 5.76 Å². The maximum atomic E-state index is 13.8. The third-order valence-corrected chi connectivity index (χ3v) is 4.89. The van der Waals surface area contributed by atoms with Crippen molar-refractivity contribution >= 4 is 23.2 Å². The standard InChI is InChI=1S/C23H19ClFN3O3/c1-15-5-4-7-19(24)22(15)30-14-18-9-10-21(31-18)23(29)27-17-11-26-28(13-17)12-16-6-2-3-8-20(16)25/h2-11,13H,12,14H2,1H3,(H,27,29). The minimum Gasteiger partial charge on any atom is -0.484 e. The Morgan fingerprint density at radius 2 is 2.03 bits per heavy atom. The quantitative estimate of drug-likeness (QED) is 0.415. The van der Waals surface area contributed by atoms with Gasteiger partial charge in [0.2, 0.25) is 0 Å². The van der Waals surface area contributed by atoms with E-state index in [1.807, 2.05) is 19.1 Å². The Balaban J connectivity index is 1.36. The second kappa shape index (κ2) is 9.06. The first-order valence-corrected chi connectivity index (χ1v) is 9.91. The number of nitrogens with one attached hydrogen (secondary N) is 1. The first kappa shape index (κ1) is 20.7. The molecule has 6 nitrogen and oxygen atoms in total. The molecule has 2 aromatic heterocycles. The summed E-state index contributed by atoms with van der Waals surface area (Å²) in [6.45, 7) is 2.29. The van der Waals surface area contributed by atoms with Crippen LogP contribution in [0, 0.1) is 12.7 Å². The van der Waals surface area contributed by atoms with Crippen molar-refractivity contribution in [3.05, 3.63) is 100 Å². The molecule has 1 N–H and O–H groups in total. The molecule has 0 atom stereocenters. The normalized spacial score (nSPS) is 10.8. The smallest absolute Gasteiger partial charge is 0.291 e. The van der Waals surface area contributed by atoms with Gasteiger partial charge in [-0.2, -0.15) is 5.10 Å². The van der Waals surface area contributed by atoms with Crippen LogP contribution in [0.4, 0.5) is 10.1 Å². The van der Waals surface area contributed by atoms with Gasteiger partial charge < -0.3 is 14.5 Å². The molecule has 0 fully saturated rings. The van der Waals surface area contributed by atoms with Crippen molar-refractivity contribution in [3.8, 4) is 5.75 Å². The van der Waals surface area contributed by atoms with Crippen molar-refractivity contribution in [2.75, 3.05) is 5.32 Å². The van der Waals surface area contributed by atoms with Crippen molar-refractivity contribution in [2.24, 2.45) is 0 Å². The fourth-order valence-corrected chi connectivity index (χ4v) is 3.31. The maximum Gasteiger partial charge on any atom is 0.291 e. The number of benzene rings is 2. The molecule has 0 spiro atoms. The predicted octanol–water partition coefficient (Wildman–Crippen LogP) is 5.46. The van der Waals surface area contributed by atoms with Crippen LogP contribution in [0.1, 0.15) is 27.4 Å². The fourth-order valence-electron chi connectivity index (χ4n) is 3.03. The number of anilines is 1. The lowest BCUT2D eigenvalue weighted by Gasteiger charge is -2.09. The lowest BCUT2D eigenvalue weighted by Crippen LogP contribution is -2.10. The number of aromatic nitrogens is 2. The Morgan fingerprint density at radius 3 is 2.84 bits per heavy atom. The fraction of sp³-hybridized carbons (Fsp3) is 0.130. The largest absolute Gasteiger partial charge is 0.484 e. The highest BCUT2D eigenvalue weighted by Gasteiger charge is 2.14. The Labute approximate surface area is 183 Å². The van der Waals surface area contributed by atoms with Gasteiger partial charge >= 0.3 is 0 Å². The lowest BCUT2D eigenvalue weighted by atomic mass is 10.2. The summed E-state index contributed by atoms with van der Waals surface area (Å²) in [6.07, 6.45) is 3.11. The number of furan rings is 1. The highest BCUT2D eigenvalue weighted by molar-refractivity contribution is 6.32. The topological polar surface area (TPSA) is 69.3 Å². The first-order valence-electron chi connectivity index (χ1n) is 9.53. The molecule has 0 aliphatic carbocycles. The predicted molar refractivity (Wildman–Crippen MR) is 115 cm³/mol. The number of halogens is 2. The first-order chi connectivity index (χ1) is 15.0. The van der Waals surface area contributed by atoms with E-state index in [4.69, 9.17) is 20.8 Å². The van der Waals surface area contributed by atoms with E-state index in [2.05, 4.69) is 10.4 Å². The molecule has 158 valence electrons. The molecule has 0 unspecified atom stereocenters. The highest BCUT2D eigenvalue weighted by Crippen LogP contribution is 2.28. The number of hydrogen-bond donors (Lipinski definition) is 1. The summed E-state index contributed by atoms with van der Waals surface area (Å²) in [6, 6.07) is 15.2. The minimum atomic E-state index is -0.425. The van der Waals surface area contributed by atoms with E-state index in [0.29, 0.717) is 27.8 Å². The van der Waals surface area contributed by atoms with Crippen molar-refractivity contribution in [1.82, 2.24) is 9.78 Å². The molecule has 0 radical (unpaired) electrons. The van der Waals surface area contributed by atoms with E-state index in [9.17, 15) is 9.18 Å². The molecule has 8 heteroatoms. The van der Waals surface area contributed by atoms with Gasteiger partial charge in [-0.15, -0.1) is 0 Å². The zero-order valence-corrected chi connectivity index (χ0v) is 17.4. The van der Waals surface area contributed by atoms with Gasteiger partial charge in [-0.25, -0.2) is 4.39 Å². The summed E-state index contributed by atoms with van der Waals surface area (Å²) in [5.41, 5.74) is 1.89. The van der Waals surface area contributed by atoms with Crippen LogP contribution in [-0.4, -0.2) is 15.7 Å². The lowest BCUT2D eigenvalue weighted by molar-refractivity contribution is 0.0992. The number of ether oxygens (including phenoxy) is 1. The molecule has 31 heavy (non-hydrogen) atoms. The molecule has 0 bridgehead atoms. The van der Waals surface area contributed by atoms with E-state index in [1.54, 1.807) is 47.3 Å². The third kappa shape index (κ3) is 4.95. The van der Waals surface area contributed by atoms with E-state index in [1.165, 1.54) is 12.3 Å². The van der Waals surface area contributed by atoms with Gasteiger partial charge in [-0.05, 0) is 36.8 Å². The number of rotatable bonds is 7. The van der Waals surface area contributed by atoms with Crippen molar-refractivity contribution < 1.29 is 18.3 Å². The number of hydrogen-bond acceptors (Lipinski definition) is 4. The second-order valence-electron chi connectivity index (χ2n) is 6.91. The van der Waals surface area contributed by atoms with Crippen molar-refractivity contribution in [1.29, 1.82) is 0 Å². The van der Waals surface area contributed by atoms with E-state index in [-0.39, 0.29) is 24.7 Å². The molecule has 4 aromatic rings. The monoisotopic (exact) mass is 439 g/mol. The molecule has 2 aromatic carbocycles. The summed E-state index contributed by atoms with van der Waals surface area (Å²) < 4.78 is 26.6. The minimum absolute atomic E-state index is 0.135. The number of nitrogens with zero attached hydrogens (tertiary/aromatic N) is 2. The molecule has 0 aliphatic heterocycles. The van der Waals surface area contributed by atoms with Gasteiger partial charge in [0, 0.05) is 11.8 Å². The van der Waals surface area contributed by atoms with Crippen LogP contribution in [0.2, 0.25) is 5.02 Å². The molecular formula is C23H19ClFN3O3. The molecular weight excluding hydrogens is 421 g/mol. The summed E-state index contributed by atoms with van der Waals surface area (Å²) in [5.74, 6) is 0.469. The molecule has 1 amide bonds. The number of carbonyl (C=O) groups is 1. The Bertz CT molecular complexity index is 1200. The van der Waals surface area contributed by atoms with Crippen LogP contribution >= 0.6 is 11.6 Å². The van der Waals surface area contributed by atoms with E-state index in [0.717, 1.165) is 5.56 Å². The van der Waals surface area contributed by atoms with Crippen LogP contribution in [-0.2, 0) is 13.2 Å². The van der Waals surface area contributed by atoms with Gasteiger partial charge in [-0.1, -0.05) is 41.9 Å². The average Bonchev–Trinajstić information content (AvgIpc) is 3.39. The zero-order valence-electron chi connectivity index (χ0n) is 16.6. The molecule has 0 aliphatic rings. The van der Waals surface area contributed by atoms with Crippen LogP contribution in [0.25, 0.3) is 0 Å². The number of aryl methyl sites for hydroxylation is 1. The zero-order chi connectivity index (χ0) is 21.8.